The number of carbonyl (C=O) groups is 2. The molecule has 0 radical (unpaired) electrons. The van der Waals surface area contributed by atoms with Gasteiger partial charge in [0, 0.05) is 5.69 Å². The number of carbonyl (C=O) groups excluding carboxylic acids is 2. The molecule has 0 aliphatic heterocycles. The SMILES string of the molecule is COC(=O)c1sc(S(=O)(=O)Nc2ccc(Oc3ccccc3OC)cc2)c(C(=O)OC)c1C. The van der Waals surface area contributed by atoms with Gasteiger partial charge >= 0.3 is 11.9 Å². The van der Waals surface area contributed by atoms with E-state index in [1.54, 1.807) is 30.3 Å². The molecule has 33 heavy (non-hydrogen) atoms. The van der Waals surface area contributed by atoms with Crippen molar-refractivity contribution in [2.45, 2.75) is 11.1 Å². The van der Waals surface area contributed by atoms with Crippen LogP contribution in [0.5, 0.6) is 17.2 Å². The number of esters is 2. The van der Waals surface area contributed by atoms with Crippen molar-refractivity contribution in [1.82, 2.24) is 0 Å². The minimum absolute atomic E-state index is 0.00108. The first kappa shape index (κ1) is 24.1. The normalized spacial score (nSPS) is 10.9. The fourth-order valence-electron chi connectivity index (χ4n) is 2.92. The smallest absolute Gasteiger partial charge is 0.348 e. The molecular weight excluding hydrogens is 470 g/mol. The van der Waals surface area contributed by atoms with Gasteiger partial charge in [-0.25, -0.2) is 18.0 Å². The van der Waals surface area contributed by atoms with Gasteiger partial charge < -0.3 is 18.9 Å². The Balaban J connectivity index is 1.89. The lowest BCUT2D eigenvalue weighted by Crippen LogP contribution is -2.16. The number of benzene rings is 2. The van der Waals surface area contributed by atoms with Crippen LogP contribution in [0.1, 0.15) is 25.6 Å². The van der Waals surface area contributed by atoms with Crippen LogP contribution in [-0.2, 0) is 19.5 Å². The summed E-state index contributed by atoms with van der Waals surface area (Å²) in [6.07, 6.45) is 0. The second kappa shape index (κ2) is 9.92. The van der Waals surface area contributed by atoms with Gasteiger partial charge in [-0.15, -0.1) is 11.3 Å². The van der Waals surface area contributed by atoms with E-state index in [0.29, 0.717) is 28.6 Å². The molecule has 1 heterocycles. The lowest BCUT2D eigenvalue weighted by atomic mass is 10.2. The number of anilines is 1. The maximum Gasteiger partial charge on any atom is 0.348 e. The Kier molecular flexibility index (Phi) is 7.24. The summed E-state index contributed by atoms with van der Waals surface area (Å²) in [4.78, 5) is 24.3. The molecule has 3 aromatic rings. The van der Waals surface area contributed by atoms with E-state index in [2.05, 4.69) is 9.46 Å². The van der Waals surface area contributed by atoms with Gasteiger partial charge in [0.05, 0.1) is 26.9 Å². The lowest BCUT2D eigenvalue weighted by Gasteiger charge is -2.11. The van der Waals surface area contributed by atoms with Gasteiger partial charge in [-0.05, 0) is 48.9 Å². The Morgan fingerprint density at radius 2 is 1.48 bits per heavy atom. The maximum absolute atomic E-state index is 13.1. The van der Waals surface area contributed by atoms with E-state index in [-0.39, 0.29) is 25.9 Å². The molecule has 1 N–H and O–H groups in total. The first-order valence-corrected chi connectivity index (χ1v) is 11.8. The molecule has 11 heteroatoms. The molecule has 174 valence electrons. The zero-order valence-electron chi connectivity index (χ0n) is 18.2. The summed E-state index contributed by atoms with van der Waals surface area (Å²) < 4.78 is 48.6. The molecule has 0 saturated carbocycles. The zero-order chi connectivity index (χ0) is 24.2. The van der Waals surface area contributed by atoms with E-state index in [4.69, 9.17) is 14.2 Å². The third-order valence-corrected chi connectivity index (χ3v) is 7.69. The van der Waals surface area contributed by atoms with Gasteiger partial charge in [0.15, 0.2) is 15.7 Å². The first-order valence-electron chi connectivity index (χ1n) is 9.45. The number of methoxy groups -OCH3 is 3. The summed E-state index contributed by atoms with van der Waals surface area (Å²) in [6, 6.07) is 13.2. The van der Waals surface area contributed by atoms with E-state index in [0.717, 1.165) is 7.11 Å². The topological polar surface area (TPSA) is 117 Å². The van der Waals surface area contributed by atoms with Gasteiger partial charge in [-0.2, -0.15) is 0 Å². The highest BCUT2D eigenvalue weighted by atomic mass is 32.2. The van der Waals surface area contributed by atoms with Gasteiger partial charge in [0.1, 0.15) is 10.6 Å². The van der Waals surface area contributed by atoms with Crippen molar-refractivity contribution < 1.29 is 37.0 Å². The quantitative estimate of drug-likeness (QED) is 0.465. The molecule has 0 unspecified atom stereocenters. The summed E-state index contributed by atoms with van der Waals surface area (Å²) in [5.41, 5.74) is 0.176. The Bertz CT molecular complexity index is 1280. The molecule has 0 bridgehead atoms. The Hall–Kier alpha value is -3.57. The molecule has 0 saturated heterocycles. The number of para-hydroxylation sites is 2. The van der Waals surface area contributed by atoms with Gasteiger partial charge in [0.2, 0.25) is 0 Å². The predicted octanol–water partition coefficient (Wildman–Crippen LogP) is 4.23. The summed E-state index contributed by atoms with van der Waals surface area (Å²) >= 11 is 0.633. The van der Waals surface area contributed by atoms with Crippen molar-refractivity contribution >= 4 is 39.0 Å². The van der Waals surface area contributed by atoms with Crippen LogP contribution in [0.4, 0.5) is 5.69 Å². The Labute approximate surface area is 194 Å². The average molecular weight is 492 g/mol. The van der Waals surface area contributed by atoms with E-state index in [1.807, 2.05) is 6.07 Å². The predicted molar refractivity (Wildman–Crippen MR) is 122 cm³/mol. The van der Waals surface area contributed by atoms with E-state index in [1.165, 1.54) is 33.3 Å². The monoisotopic (exact) mass is 491 g/mol. The van der Waals surface area contributed by atoms with Crippen LogP contribution in [0.25, 0.3) is 0 Å². The van der Waals surface area contributed by atoms with Crippen molar-refractivity contribution in [1.29, 1.82) is 0 Å². The Morgan fingerprint density at radius 3 is 2.06 bits per heavy atom. The number of hydrogen-bond donors (Lipinski definition) is 1. The molecular formula is C22H21NO8S2. The van der Waals surface area contributed by atoms with Crippen LogP contribution in [0.15, 0.2) is 52.7 Å². The second-order valence-electron chi connectivity index (χ2n) is 6.58. The minimum atomic E-state index is -4.23. The number of nitrogens with one attached hydrogen (secondary N) is 1. The molecule has 9 nitrogen and oxygen atoms in total. The number of rotatable bonds is 8. The number of sulfonamides is 1. The van der Waals surface area contributed by atoms with Crippen molar-refractivity contribution in [2.75, 3.05) is 26.1 Å². The number of ether oxygens (including phenoxy) is 4. The second-order valence-corrected chi connectivity index (χ2v) is 9.48. The van der Waals surface area contributed by atoms with Crippen molar-refractivity contribution in [3.05, 3.63) is 64.5 Å². The van der Waals surface area contributed by atoms with Crippen molar-refractivity contribution in [3.63, 3.8) is 0 Å². The highest BCUT2D eigenvalue weighted by molar-refractivity contribution is 7.94. The van der Waals surface area contributed by atoms with Gasteiger partial charge in [0.25, 0.3) is 10.0 Å². The van der Waals surface area contributed by atoms with Gasteiger partial charge in [-0.1, -0.05) is 12.1 Å². The number of thiophene rings is 1. The minimum Gasteiger partial charge on any atom is -0.493 e. The van der Waals surface area contributed by atoms with Crippen LogP contribution < -0.4 is 14.2 Å². The van der Waals surface area contributed by atoms with Crippen molar-refractivity contribution in [2.24, 2.45) is 0 Å². The highest BCUT2D eigenvalue weighted by Crippen LogP contribution is 2.35. The highest BCUT2D eigenvalue weighted by Gasteiger charge is 2.32. The summed E-state index contributed by atoms with van der Waals surface area (Å²) in [6.45, 7) is 1.46. The molecule has 0 aliphatic rings. The van der Waals surface area contributed by atoms with E-state index in [9.17, 15) is 18.0 Å². The third-order valence-electron chi connectivity index (χ3n) is 4.52. The maximum atomic E-state index is 13.1. The summed E-state index contributed by atoms with van der Waals surface area (Å²) in [5, 5.41) is 0. The first-order chi connectivity index (χ1) is 15.7. The molecule has 2 aromatic carbocycles. The van der Waals surface area contributed by atoms with Crippen LogP contribution >= 0.6 is 11.3 Å². The van der Waals surface area contributed by atoms with Crippen LogP contribution in [-0.4, -0.2) is 41.7 Å². The third kappa shape index (κ3) is 5.10. The van der Waals surface area contributed by atoms with E-state index >= 15 is 0 Å². The largest absolute Gasteiger partial charge is 0.493 e. The molecule has 0 spiro atoms. The zero-order valence-corrected chi connectivity index (χ0v) is 19.8. The molecule has 1 aromatic heterocycles. The van der Waals surface area contributed by atoms with Crippen LogP contribution in [0.3, 0.4) is 0 Å². The summed E-state index contributed by atoms with van der Waals surface area (Å²) in [7, 11) is -0.404. The van der Waals surface area contributed by atoms with Crippen LogP contribution in [0, 0.1) is 6.92 Å². The average Bonchev–Trinajstić information content (AvgIpc) is 3.17. The molecule has 0 fully saturated rings. The Morgan fingerprint density at radius 1 is 0.879 bits per heavy atom. The van der Waals surface area contributed by atoms with Crippen LogP contribution in [0.2, 0.25) is 0 Å². The molecule has 0 atom stereocenters. The lowest BCUT2D eigenvalue weighted by molar-refractivity contribution is 0.0596. The van der Waals surface area contributed by atoms with Crippen molar-refractivity contribution in [3.8, 4) is 17.2 Å². The van der Waals surface area contributed by atoms with E-state index < -0.39 is 22.0 Å². The summed E-state index contributed by atoms with van der Waals surface area (Å²) in [5.74, 6) is -0.119. The van der Waals surface area contributed by atoms with Gasteiger partial charge in [-0.3, -0.25) is 4.72 Å². The molecule has 0 amide bonds. The fourth-order valence-corrected chi connectivity index (χ4v) is 5.73. The fraction of sp³-hybridized carbons (Fsp3) is 0.182. The molecule has 3 rings (SSSR count). The molecule has 0 aliphatic carbocycles. The number of hydrogen-bond acceptors (Lipinski definition) is 9. The standard InChI is InChI=1S/C22H21NO8S2/c1-13-18(20(24)29-3)22(32-19(13)21(25)30-4)33(26,27)23-14-9-11-15(12-10-14)31-17-8-6-5-7-16(17)28-2/h5-12,23H,1-4H3.